The molecule has 3 heterocycles. The van der Waals surface area contributed by atoms with Gasteiger partial charge in [0, 0.05) is 23.7 Å². The van der Waals surface area contributed by atoms with E-state index >= 15 is 0 Å². The van der Waals surface area contributed by atoms with Crippen molar-refractivity contribution in [3.8, 4) is 0 Å². The van der Waals surface area contributed by atoms with E-state index in [1.165, 1.54) is 24.3 Å². The first-order valence-electron chi connectivity index (χ1n) is 11.3. The van der Waals surface area contributed by atoms with Gasteiger partial charge in [-0.3, -0.25) is 24.5 Å². The summed E-state index contributed by atoms with van der Waals surface area (Å²) >= 11 is 0. The molecule has 180 valence electrons. The third-order valence-corrected chi connectivity index (χ3v) is 6.93. The maximum Gasteiger partial charge on any atom is 0.338 e. The minimum atomic E-state index is -1.49. The average molecular weight is 477 g/mol. The number of hydrogen-bond donors (Lipinski definition) is 3. The Bertz CT molecular complexity index is 1260. The number of carboxylic acid groups (broad SMARTS) is 1. The molecule has 2 aromatic carbocycles. The van der Waals surface area contributed by atoms with E-state index in [9.17, 15) is 29.1 Å². The maximum atomic E-state index is 13.8. The van der Waals surface area contributed by atoms with Gasteiger partial charge in [0.1, 0.15) is 5.54 Å². The van der Waals surface area contributed by atoms with Crippen LogP contribution in [0.2, 0.25) is 0 Å². The van der Waals surface area contributed by atoms with Crippen LogP contribution in [-0.2, 0) is 29.5 Å². The summed E-state index contributed by atoms with van der Waals surface area (Å²) in [7, 11) is 0. The number of esters is 1. The van der Waals surface area contributed by atoms with Gasteiger partial charge in [-0.15, -0.1) is 0 Å². The largest absolute Gasteiger partial charge is 0.481 e. The molecule has 3 N–H and O–H groups in total. The van der Waals surface area contributed by atoms with E-state index in [1.807, 2.05) is 0 Å². The molecular formula is C25H23N3O7. The zero-order valence-electron chi connectivity index (χ0n) is 18.8. The first-order valence-corrected chi connectivity index (χ1v) is 11.3. The molecule has 3 amide bonds. The molecule has 0 saturated carbocycles. The first-order chi connectivity index (χ1) is 16.8. The lowest BCUT2D eigenvalue weighted by Crippen LogP contribution is -2.53. The first kappa shape index (κ1) is 22.7. The Morgan fingerprint density at radius 3 is 2.46 bits per heavy atom. The van der Waals surface area contributed by atoms with Crippen LogP contribution in [0.15, 0.2) is 48.5 Å². The predicted octanol–water partition coefficient (Wildman–Crippen LogP) is 1.65. The van der Waals surface area contributed by atoms with Crippen LogP contribution < -0.4 is 15.5 Å². The Kier molecular flexibility index (Phi) is 5.40. The fraction of sp³-hybridized carbons (Fsp3) is 0.320. The van der Waals surface area contributed by atoms with Crippen LogP contribution in [0, 0.1) is 11.8 Å². The molecular weight excluding hydrogens is 454 g/mol. The Morgan fingerprint density at radius 2 is 1.77 bits per heavy atom. The number of ether oxygens (including phenoxy) is 1. The van der Waals surface area contributed by atoms with Gasteiger partial charge >= 0.3 is 11.9 Å². The van der Waals surface area contributed by atoms with E-state index in [0.717, 1.165) is 4.90 Å². The van der Waals surface area contributed by atoms with E-state index < -0.39 is 53.1 Å². The van der Waals surface area contributed by atoms with Crippen molar-refractivity contribution in [2.45, 2.75) is 31.3 Å². The lowest BCUT2D eigenvalue weighted by Gasteiger charge is -2.29. The van der Waals surface area contributed by atoms with Gasteiger partial charge in [0.15, 0.2) is 0 Å². The molecule has 0 aliphatic carbocycles. The number of aliphatic carboxylic acids is 1. The van der Waals surface area contributed by atoms with Crippen LogP contribution in [0.3, 0.4) is 0 Å². The highest BCUT2D eigenvalue weighted by Gasteiger charge is 2.70. The van der Waals surface area contributed by atoms with Crippen molar-refractivity contribution in [3.05, 3.63) is 59.7 Å². The monoisotopic (exact) mass is 477 g/mol. The number of anilines is 2. The number of hydrogen-bond acceptors (Lipinski definition) is 7. The standard InChI is InChI=1S/C25H23N3O7/c1-2-35-23(33)13-7-9-14(10-8-13)28-21(31)19-17(11-12-18(29)30)27-25(20(19)22(28)32)15-5-3-4-6-16(15)26-24(25)34/h3-10,17,19-20,27H,2,11-12H2,1H3,(H,26,34)(H,29,30). The van der Waals surface area contributed by atoms with Crippen molar-refractivity contribution in [1.82, 2.24) is 5.32 Å². The summed E-state index contributed by atoms with van der Waals surface area (Å²) in [5.74, 6) is -5.06. The van der Waals surface area contributed by atoms with Crippen molar-refractivity contribution < 1.29 is 33.8 Å². The normalized spacial score (nSPS) is 26.6. The molecule has 2 saturated heterocycles. The van der Waals surface area contributed by atoms with Gasteiger partial charge in [0.2, 0.25) is 17.7 Å². The minimum absolute atomic E-state index is 0.0718. The second-order valence-corrected chi connectivity index (χ2v) is 8.77. The molecule has 5 rings (SSSR count). The summed E-state index contributed by atoms with van der Waals surface area (Å²) in [4.78, 5) is 65.1. The van der Waals surface area contributed by atoms with Crippen LogP contribution in [0.1, 0.15) is 35.7 Å². The van der Waals surface area contributed by atoms with Crippen LogP contribution in [-0.4, -0.2) is 47.4 Å². The lowest BCUT2D eigenvalue weighted by molar-refractivity contribution is -0.137. The van der Waals surface area contributed by atoms with Gasteiger partial charge in [-0.25, -0.2) is 9.69 Å². The van der Waals surface area contributed by atoms with Crippen molar-refractivity contribution in [1.29, 1.82) is 0 Å². The van der Waals surface area contributed by atoms with Crippen LogP contribution in [0.5, 0.6) is 0 Å². The molecule has 4 atom stereocenters. The number of imide groups is 1. The predicted molar refractivity (Wildman–Crippen MR) is 122 cm³/mol. The highest BCUT2D eigenvalue weighted by Crippen LogP contribution is 2.54. The van der Waals surface area contributed by atoms with Crippen molar-refractivity contribution in [2.75, 3.05) is 16.8 Å². The molecule has 4 unspecified atom stereocenters. The molecule has 1 spiro atoms. The number of para-hydroxylation sites is 1. The van der Waals surface area contributed by atoms with E-state index in [2.05, 4.69) is 10.6 Å². The molecule has 3 aliphatic rings. The van der Waals surface area contributed by atoms with Gasteiger partial charge in [-0.1, -0.05) is 18.2 Å². The van der Waals surface area contributed by atoms with Crippen molar-refractivity contribution in [3.63, 3.8) is 0 Å². The number of carboxylic acids is 1. The van der Waals surface area contributed by atoms with E-state index in [4.69, 9.17) is 4.74 Å². The third-order valence-electron chi connectivity index (χ3n) is 6.93. The summed E-state index contributed by atoms with van der Waals surface area (Å²) in [6, 6.07) is 12.2. The van der Waals surface area contributed by atoms with Crippen LogP contribution in [0.25, 0.3) is 0 Å². The number of rotatable bonds is 6. The number of nitrogens with zero attached hydrogens (tertiary/aromatic N) is 1. The smallest absolute Gasteiger partial charge is 0.338 e. The molecule has 3 aliphatic heterocycles. The Morgan fingerprint density at radius 1 is 1.06 bits per heavy atom. The zero-order valence-corrected chi connectivity index (χ0v) is 18.8. The highest BCUT2D eigenvalue weighted by molar-refractivity contribution is 6.25. The number of carbonyl (C=O) groups excluding carboxylic acids is 4. The summed E-state index contributed by atoms with van der Waals surface area (Å²) in [6.07, 6.45) is -0.154. The SMILES string of the molecule is CCOC(=O)c1ccc(N2C(=O)C3C(CCC(=O)O)NC4(C(=O)Nc5ccccc54)C3C2=O)cc1. The average Bonchev–Trinajstić information content (AvgIpc) is 3.42. The Balaban J connectivity index is 1.56. The van der Waals surface area contributed by atoms with Gasteiger partial charge in [0.05, 0.1) is 29.7 Å². The molecule has 0 aromatic heterocycles. The number of benzene rings is 2. The molecule has 0 bridgehead atoms. The Hall–Kier alpha value is -4.05. The topological polar surface area (TPSA) is 142 Å². The zero-order chi connectivity index (χ0) is 24.9. The molecule has 35 heavy (non-hydrogen) atoms. The number of carbonyl (C=O) groups is 5. The van der Waals surface area contributed by atoms with Gasteiger partial charge in [-0.2, -0.15) is 0 Å². The fourth-order valence-electron chi connectivity index (χ4n) is 5.50. The van der Waals surface area contributed by atoms with Crippen LogP contribution in [0.4, 0.5) is 11.4 Å². The van der Waals surface area contributed by atoms with E-state index in [1.54, 1.807) is 31.2 Å². The fourth-order valence-corrected chi connectivity index (χ4v) is 5.50. The highest BCUT2D eigenvalue weighted by atomic mass is 16.5. The summed E-state index contributed by atoms with van der Waals surface area (Å²) in [6.45, 7) is 1.90. The van der Waals surface area contributed by atoms with E-state index in [0.29, 0.717) is 11.3 Å². The summed E-state index contributed by atoms with van der Waals surface area (Å²) < 4.78 is 4.98. The van der Waals surface area contributed by atoms with Crippen molar-refractivity contribution >= 4 is 41.0 Å². The van der Waals surface area contributed by atoms with Gasteiger partial charge in [0.25, 0.3) is 0 Å². The molecule has 2 aromatic rings. The molecule has 10 heteroatoms. The lowest BCUT2D eigenvalue weighted by atomic mass is 9.76. The second-order valence-electron chi connectivity index (χ2n) is 8.77. The van der Waals surface area contributed by atoms with Gasteiger partial charge in [-0.05, 0) is 43.7 Å². The third kappa shape index (κ3) is 3.32. The maximum absolute atomic E-state index is 13.8. The number of nitrogens with one attached hydrogen (secondary N) is 2. The minimum Gasteiger partial charge on any atom is -0.481 e. The second kappa shape index (κ2) is 8.31. The number of fused-ring (bicyclic) bond motifs is 4. The Labute approximate surface area is 200 Å². The van der Waals surface area contributed by atoms with Crippen molar-refractivity contribution in [2.24, 2.45) is 11.8 Å². The number of amides is 3. The molecule has 10 nitrogen and oxygen atoms in total. The van der Waals surface area contributed by atoms with Gasteiger partial charge < -0.3 is 15.2 Å². The summed E-state index contributed by atoms with van der Waals surface area (Å²) in [5, 5.41) is 15.2. The molecule has 0 radical (unpaired) electrons. The summed E-state index contributed by atoms with van der Waals surface area (Å²) in [5.41, 5.74) is 0.146. The van der Waals surface area contributed by atoms with Crippen LogP contribution >= 0.6 is 0 Å². The quantitative estimate of drug-likeness (QED) is 0.421. The van der Waals surface area contributed by atoms with E-state index in [-0.39, 0.29) is 30.7 Å². The molecule has 2 fully saturated rings.